The summed E-state index contributed by atoms with van der Waals surface area (Å²) in [5.74, 6) is 0. The summed E-state index contributed by atoms with van der Waals surface area (Å²) in [4.78, 5) is 4.98. The lowest BCUT2D eigenvalue weighted by atomic mass is 9.95. The minimum absolute atomic E-state index is 0. The summed E-state index contributed by atoms with van der Waals surface area (Å²) < 4.78 is 6.05. The molecule has 1 fully saturated rings. The average Bonchev–Trinajstić information content (AvgIpc) is 2.67. The molecule has 2 heterocycles. The quantitative estimate of drug-likeness (QED) is 0.679. The van der Waals surface area contributed by atoms with E-state index in [0.717, 1.165) is 57.2 Å². The molecule has 3 nitrogen and oxygen atoms in total. The van der Waals surface area contributed by atoms with Gasteiger partial charge in [0.05, 0.1) is 12.7 Å². The largest absolute Gasteiger partial charge is 0.373 e. The molecule has 0 spiro atoms. The van der Waals surface area contributed by atoms with Crippen molar-refractivity contribution in [3.8, 4) is 0 Å². The van der Waals surface area contributed by atoms with Gasteiger partial charge < -0.3 is 9.64 Å². The van der Waals surface area contributed by atoms with Crippen LogP contribution in [0.2, 0.25) is 5.02 Å². The van der Waals surface area contributed by atoms with Gasteiger partial charge in [0.2, 0.25) is 0 Å². The van der Waals surface area contributed by atoms with Gasteiger partial charge in [-0.2, -0.15) is 0 Å². The molecule has 1 saturated heterocycles. The van der Waals surface area contributed by atoms with Gasteiger partial charge in [0.25, 0.3) is 0 Å². The predicted molar refractivity (Wildman–Crippen MR) is 118 cm³/mol. The number of hydrogen-bond acceptors (Lipinski definition) is 3. The van der Waals surface area contributed by atoms with E-state index in [-0.39, 0.29) is 30.9 Å². The van der Waals surface area contributed by atoms with E-state index in [2.05, 4.69) is 46.2 Å². The van der Waals surface area contributed by atoms with Crippen molar-refractivity contribution in [1.82, 2.24) is 4.90 Å². The van der Waals surface area contributed by atoms with Gasteiger partial charge in [-0.1, -0.05) is 41.9 Å². The van der Waals surface area contributed by atoms with Crippen molar-refractivity contribution in [3.63, 3.8) is 0 Å². The first kappa shape index (κ1) is 22.3. The number of ether oxygens (including phenoxy) is 1. The van der Waals surface area contributed by atoms with Crippen LogP contribution >= 0.6 is 36.4 Å². The molecule has 0 saturated carbocycles. The molecule has 0 aliphatic carbocycles. The molecule has 148 valence electrons. The van der Waals surface area contributed by atoms with Gasteiger partial charge in [0.15, 0.2) is 0 Å². The Morgan fingerprint density at radius 1 is 0.963 bits per heavy atom. The van der Waals surface area contributed by atoms with Gasteiger partial charge in [0.1, 0.15) is 0 Å². The summed E-state index contributed by atoms with van der Waals surface area (Å²) in [6.07, 6.45) is 2.38. The molecule has 2 aliphatic heterocycles. The van der Waals surface area contributed by atoms with E-state index >= 15 is 0 Å². The highest BCUT2D eigenvalue weighted by Crippen LogP contribution is 2.30. The third-order valence-electron chi connectivity index (χ3n) is 5.35. The summed E-state index contributed by atoms with van der Waals surface area (Å²) >= 11 is 6.12. The van der Waals surface area contributed by atoms with Gasteiger partial charge in [0, 0.05) is 43.4 Å². The maximum atomic E-state index is 6.12. The van der Waals surface area contributed by atoms with Crippen molar-refractivity contribution in [2.75, 3.05) is 44.2 Å². The first-order valence-electron chi connectivity index (χ1n) is 9.22. The number of anilines is 1. The predicted octanol–water partition coefficient (Wildman–Crippen LogP) is 5.01. The van der Waals surface area contributed by atoms with Crippen LogP contribution < -0.4 is 4.90 Å². The van der Waals surface area contributed by atoms with Crippen LogP contribution in [-0.2, 0) is 11.2 Å². The maximum absolute atomic E-state index is 6.12. The molecule has 1 atom stereocenters. The molecule has 27 heavy (non-hydrogen) atoms. The molecule has 0 radical (unpaired) electrons. The van der Waals surface area contributed by atoms with Gasteiger partial charge in [-0.25, -0.2) is 0 Å². The van der Waals surface area contributed by atoms with Gasteiger partial charge in [-0.15, -0.1) is 24.8 Å². The van der Waals surface area contributed by atoms with Crippen LogP contribution in [0.15, 0.2) is 48.5 Å². The van der Waals surface area contributed by atoms with E-state index < -0.39 is 0 Å². The molecule has 0 bridgehead atoms. The highest BCUT2D eigenvalue weighted by molar-refractivity contribution is 6.30. The fraction of sp³-hybridized carbons (Fsp3) is 0.429. The fourth-order valence-electron chi connectivity index (χ4n) is 3.92. The molecule has 6 heteroatoms. The Hall–Kier alpha value is -0.970. The Balaban J connectivity index is 0.00000131. The number of rotatable bonds is 4. The van der Waals surface area contributed by atoms with Crippen LogP contribution in [0.4, 0.5) is 5.69 Å². The zero-order valence-corrected chi connectivity index (χ0v) is 17.7. The first-order valence-corrected chi connectivity index (χ1v) is 9.60. The standard InChI is InChI=1S/C21H25ClN2O.2ClH/c22-18-5-3-6-19(16-18)24-13-11-23(12-14-24)10-8-21-20-7-2-1-4-17(20)9-15-25-21;;/h1-7,16,21H,8-15H2;2*1H. The smallest absolute Gasteiger partial charge is 0.0839 e. The lowest BCUT2D eigenvalue weighted by Crippen LogP contribution is -2.46. The Labute approximate surface area is 179 Å². The zero-order chi connectivity index (χ0) is 17.1. The van der Waals surface area contributed by atoms with Crippen LogP contribution in [0.25, 0.3) is 0 Å². The number of fused-ring (bicyclic) bond motifs is 1. The summed E-state index contributed by atoms with van der Waals surface area (Å²) in [7, 11) is 0. The van der Waals surface area contributed by atoms with Gasteiger partial charge >= 0.3 is 0 Å². The Morgan fingerprint density at radius 3 is 2.52 bits per heavy atom. The Morgan fingerprint density at radius 2 is 1.74 bits per heavy atom. The van der Waals surface area contributed by atoms with Crippen molar-refractivity contribution in [3.05, 3.63) is 64.7 Å². The second-order valence-corrected chi connectivity index (χ2v) is 7.34. The second kappa shape index (κ2) is 10.5. The van der Waals surface area contributed by atoms with Crippen LogP contribution in [0.3, 0.4) is 0 Å². The van der Waals surface area contributed by atoms with Crippen LogP contribution in [0.1, 0.15) is 23.7 Å². The van der Waals surface area contributed by atoms with Gasteiger partial charge in [-0.3, -0.25) is 4.90 Å². The van der Waals surface area contributed by atoms with Crippen LogP contribution in [0.5, 0.6) is 0 Å². The number of nitrogens with zero attached hydrogens (tertiary/aromatic N) is 2. The SMILES string of the molecule is Cl.Cl.Clc1cccc(N2CCN(CCC3OCCc4ccccc43)CC2)c1. The molecule has 1 unspecified atom stereocenters. The summed E-state index contributed by atoms with van der Waals surface area (Å²) in [6.45, 7) is 6.26. The van der Waals surface area contributed by atoms with Gasteiger partial charge in [-0.05, 0) is 42.2 Å². The van der Waals surface area contributed by atoms with E-state index in [9.17, 15) is 0 Å². The average molecular weight is 430 g/mol. The summed E-state index contributed by atoms with van der Waals surface area (Å²) in [6, 6.07) is 16.9. The van der Waals surface area contributed by atoms with E-state index in [1.165, 1.54) is 16.8 Å². The van der Waals surface area contributed by atoms with E-state index in [4.69, 9.17) is 16.3 Å². The van der Waals surface area contributed by atoms with Crippen molar-refractivity contribution >= 4 is 42.1 Å². The number of piperazine rings is 1. The van der Waals surface area contributed by atoms with Crippen molar-refractivity contribution in [2.24, 2.45) is 0 Å². The lowest BCUT2D eigenvalue weighted by molar-refractivity contribution is 0.0289. The third kappa shape index (κ3) is 5.52. The van der Waals surface area contributed by atoms with Crippen molar-refractivity contribution in [1.29, 1.82) is 0 Å². The Bertz CT molecular complexity index is 720. The normalized spacial score (nSPS) is 19.6. The topological polar surface area (TPSA) is 15.7 Å². The maximum Gasteiger partial charge on any atom is 0.0839 e. The van der Waals surface area contributed by atoms with E-state index in [0.29, 0.717) is 0 Å². The molecular weight excluding hydrogens is 403 g/mol. The van der Waals surface area contributed by atoms with E-state index in [1.807, 2.05) is 12.1 Å². The Kier molecular flexibility index (Phi) is 8.71. The molecule has 0 N–H and O–H groups in total. The molecule has 2 aromatic carbocycles. The van der Waals surface area contributed by atoms with Crippen molar-refractivity contribution in [2.45, 2.75) is 18.9 Å². The first-order chi connectivity index (χ1) is 12.3. The minimum Gasteiger partial charge on any atom is -0.373 e. The monoisotopic (exact) mass is 428 g/mol. The molecule has 2 aromatic rings. The highest BCUT2D eigenvalue weighted by atomic mass is 35.5. The number of benzene rings is 2. The second-order valence-electron chi connectivity index (χ2n) is 6.91. The molecular formula is C21H27Cl3N2O. The summed E-state index contributed by atoms with van der Waals surface area (Å²) in [5.41, 5.74) is 4.09. The van der Waals surface area contributed by atoms with Crippen LogP contribution in [0, 0.1) is 0 Å². The zero-order valence-electron chi connectivity index (χ0n) is 15.4. The fourth-order valence-corrected chi connectivity index (χ4v) is 4.10. The number of hydrogen-bond donors (Lipinski definition) is 0. The van der Waals surface area contributed by atoms with Crippen LogP contribution in [-0.4, -0.2) is 44.2 Å². The number of halogens is 3. The third-order valence-corrected chi connectivity index (χ3v) is 5.58. The summed E-state index contributed by atoms with van der Waals surface area (Å²) in [5, 5.41) is 0.813. The molecule has 2 aliphatic rings. The molecule has 0 aromatic heterocycles. The molecule has 0 amide bonds. The minimum atomic E-state index is 0. The lowest BCUT2D eigenvalue weighted by Gasteiger charge is -2.37. The van der Waals surface area contributed by atoms with E-state index in [1.54, 1.807) is 0 Å². The van der Waals surface area contributed by atoms with Crippen molar-refractivity contribution < 1.29 is 4.74 Å². The highest BCUT2D eigenvalue weighted by Gasteiger charge is 2.23. The molecule has 4 rings (SSSR count).